The molecule has 182 valence electrons. The molecule has 1 aromatic carbocycles. The highest BCUT2D eigenvalue weighted by molar-refractivity contribution is 6.31. The van der Waals surface area contributed by atoms with Gasteiger partial charge in [-0.05, 0) is 17.7 Å². The van der Waals surface area contributed by atoms with Gasteiger partial charge in [0.25, 0.3) is 0 Å². The average Bonchev–Trinajstić information content (AvgIpc) is 3.51. The largest absolute Gasteiger partial charge is 0.416 e. The van der Waals surface area contributed by atoms with Crippen LogP contribution in [0.15, 0.2) is 41.2 Å². The number of carbonyl (C=O) groups excluding carboxylic acids is 1. The topological polar surface area (TPSA) is 111 Å². The third-order valence-corrected chi connectivity index (χ3v) is 6.15. The first kappa shape index (κ1) is 23.3. The summed E-state index contributed by atoms with van der Waals surface area (Å²) < 4.78 is 12.8. The van der Waals surface area contributed by atoms with Crippen LogP contribution in [0.1, 0.15) is 42.9 Å². The van der Waals surface area contributed by atoms with Crippen molar-refractivity contribution in [2.75, 3.05) is 31.2 Å². The average molecular weight is 496 g/mol. The first-order valence-corrected chi connectivity index (χ1v) is 11.7. The van der Waals surface area contributed by atoms with Crippen molar-refractivity contribution >= 4 is 28.7 Å². The number of rotatable bonds is 5. The summed E-state index contributed by atoms with van der Waals surface area (Å²) in [4.78, 5) is 19.2. The van der Waals surface area contributed by atoms with Crippen LogP contribution in [0.5, 0.6) is 0 Å². The Morgan fingerprint density at radius 2 is 1.97 bits per heavy atom. The summed E-state index contributed by atoms with van der Waals surface area (Å²) in [5.74, 6) is -0.117. The zero-order valence-electron chi connectivity index (χ0n) is 19.8. The first-order chi connectivity index (χ1) is 16.8. The van der Waals surface area contributed by atoms with Crippen molar-refractivity contribution in [3.8, 4) is 11.3 Å². The summed E-state index contributed by atoms with van der Waals surface area (Å²) in [5, 5.41) is 15.5. The molecule has 1 fully saturated rings. The normalized spacial score (nSPS) is 14.5. The Morgan fingerprint density at radius 3 is 2.69 bits per heavy atom. The maximum absolute atomic E-state index is 12.5. The van der Waals surface area contributed by atoms with Crippen LogP contribution in [-0.4, -0.2) is 57.0 Å². The Hall–Kier alpha value is -3.50. The van der Waals surface area contributed by atoms with Crippen molar-refractivity contribution in [3.05, 3.63) is 59.2 Å². The van der Waals surface area contributed by atoms with E-state index in [0.29, 0.717) is 24.1 Å². The number of anilines is 1. The van der Waals surface area contributed by atoms with Crippen LogP contribution in [0, 0.1) is 0 Å². The zero-order chi connectivity index (χ0) is 24.6. The molecule has 10 nitrogen and oxygen atoms in total. The van der Waals surface area contributed by atoms with Gasteiger partial charge in [0.15, 0.2) is 0 Å². The number of hydrogen-bond acceptors (Lipinski definition) is 8. The van der Waals surface area contributed by atoms with Crippen molar-refractivity contribution in [2.24, 2.45) is 0 Å². The van der Waals surface area contributed by atoms with Crippen molar-refractivity contribution in [2.45, 2.75) is 32.7 Å². The third kappa shape index (κ3) is 4.85. The maximum Gasteiger partial charge on any atom is 0.309 e. The van der Waals surface area contributed by atoms with E-state index in [2.05, 4.69) is 36.6 Å². The van der Waals surface area contributed by atoms with Gasteiger partial charge in [0.1, 0.15) is 6.33 Å². The highest BCUT2D eigenvalue weighted by Gasteiger charge is 2.24. The van der Waals surface area contributed by atoms with Gasteiger partial charge in [-0.2, -0.15) is 5.10 Å². The summed E-state index contributed by atoms with van der Waals surface area (Å²) in [6.45, 7) is 9.13. The lowest BCUT2D eigenvalue weighted by atomic mass is 9.97. The number of hydrogen-bond donors (Lipinski definition) is 1. The number of nitrogens with zero attached hydrogens (tertiary/aromatic N) is 6. The molecule has 1 N–H and O–H groups in total. The lowest BCUT2D eigenvalue weighted by Crippen LogP contribution is -2.35. The van der Waals surface area contributed by atoms with E-state index in [4.69, 9.17) is 20.8 Å². The van der Waals surface area contributed by atoms with Gasteiger partial charge in [-0.25, -0.2) is 9.50 Å². The molecule has 4 heterocycles. The fraction of sp³-hybridized carbons (Fsp3) is 0.375. The number of morpholine rings is 1. The molecule has 0 radical (unpaired) electrons. The van der Waals surface area contributed by atoms with E-state index in [0.717, 1.165) is 41.1 Å². The predicted molar refractivity (Wildman–Crippen MR) is 131 cm³/mol. The van der Waals surface area contributed by atoms with Crippen molar-refractivity contribution in [1.82, 2.24) is 30.1 Å². The number of amides is 1. The molecule has 0 bridgehead atoms. The SMILES string of the molecule is CC(C)(C)c1nnc(C(=O)NCc2ccc(-c3ncnn4cc(N5CCOCC5)cc34)cc2Cl)o1. The summed E-state index contributed by atoms with van der Waals surface area (Å²) in [6, 6.07) is 7.73. The molecular weight excluding hydrogens is 470 g/mol. The van der Waals surface area contributed by atoms with Gasteiger partial charge in [-0.15, -0.1) is 10.2 Å². The number of benzene rings is 1. The van der Waals surface area contributed by atoms with Crippen LogP contribution in [0.4, 0.5) is 5.69 Å². The monoisotopic (exact) mass is 495 g/mol. The molecule has 4 aromatic rings. The minimum Gasteiger partial charge on any atom is -0.416 e. The molecule has 1 aliphatic heterocycles. The van der Waals surface area contributed by atoms with E-state index in [1.807, 2.05) is 49.7 Å². The molecule has 0 spiro atoms. The lowest BCUT2D eigenvalue weighted by molar-refractivity contribution is 0.0912. The second-order valence-corrected chi connectivity index (χ2v) is 9.79. The van der Waals surface area contributed by atoms with Crippen molar-refractivity contribution < 1.29 is 13.9 Å². The van der Waals surface area contributed by atoms with Gasteiger partial charge in [-0.1, -0.05) is 44.5 Å². The van der Waals surface area contributed by atoms with E-state index in [1.165, 1.54) is 6.33 Å². The minimum absolute atomic E-state index is 0.0737. The Bertz CT molecular complexity index is 1370. The summed E-state index contributed by atoms with van der Waals surface area (Å²) in [5.41, 5.74) is 4.02. The first-order valence-electron chi connectivity index (χ1n) is 11.4. The summed E-state index contributed by atoms with van der Waals surface area (Å²) >= 11 is 6.58. The maximum atomic E-state index is 12.5. The van der Waals surface area contributed by atoms with E-state index >= 15 is 0 Å². The smallest absolute Gasteiger partial charge is 0.309 e. The fourth-order valence-corrected chi connectivity index (χ4v) is 4.09. The van der Waals surface area contributed by atoms with Gasteiger partial charge in [0, 0.05) is 35.6 Å². The quantitative estimate of drug-likeness (QED) is 0.448. The summed E-state index contributed by atoms with van der Waals surface area (Å²) in [6.07, 6.45) is 3.53. The number of fused-ring (bicyclic) bond motifs is 1. The van der Waals surface area contributed by atoms with Crippen molar-refractivity contribution in [3.63, 3.8) is 0 Å². The van der Waals surface area contributed by atoms with Gasteiger partial charge in [0.2, 0.25) is 5.89 Å². The Kier molecular flexibility index (Phi) is 6.16. The number of ether oxygens (including phenoxy) is 1. The molecule has 3 aromatic heterocycles. The van der Waals surface area contributed by atoms with Crippen molar-refractivity contribution in [1.29, 1.82) is 0 Å². The number of carbonyl (C=O) groups is 1. The molecule has 1 saturated heterocycles. The molecule has 35 heavy (non-hydrogen) atoms. The Balaban J connectivity index is 1.33. The molecule has 1 amide bonds. The van der Waals surface area contributed by atoms with Gasteiger partial charge in [-0.3, -0.25) is 4.79 Å². The third-order valence-electron chi connectivity index (χ3n) is 5.79. The molecule has 5 rings (SSSR count). The number of halogens is 1. The lowest BCUT2D eigenvalue weighted by Gasteiger charge is -2.27. The highest BCUT2D eigenvalue weighted by Crippen LogP contribution is 2.30. The fourth-order valence-electron chi connectivity index (χ4n) is 3.84. The Labute approximate surface area is 207 Å². The van der Waals surface area contributed by atoms with E-state index in [-0.39, 0.29) is 17.9 Å². The van der Waals surface area contributed by atoms with E-state index in [1.54, 1.807) is 0 Å². The van der Waals surface area contributed by atoms with Crippen LogP contribution < -0.4 is 10.2 Å². The second-order valence-electron chi connectivity index (χ2n) is 9.39. The van der Waals surface area contributed by atoms with E-state index in [9.17, 15) is 4.79 Å². The molecule has 11 heteroatoms. The van der Waals surface area contributed by atoms with Gasteiger partial charge < -0.3 is 19.4 Å². The second kappa shape index (κ2) is 9.27. The molecule has 0 saturated carbocycles. The predicted octanol–water partition coefficient (Wildman–Crippen LogP) is 3.50. The zero-order valence-corrected chi connectivity index (χ0v) is 20.5. The van der Waals surface area contributed by atoms with Crippen LogP contribution >= 0.6 is 11.6 Å². The van der Waals surface area contributed by atoms with E-state index < -0.39 is 5.91 Å². The van der Waals surface area contributed by atoms with Crippen LogP contribution in [0.3, 0.4) is 0 Å². The minimum atomic E-state index is -0.450. The molecular formula is C24H26ClN7O3. The molecule has 1 aliphatic rings. The molecule has 0 atom stereocenters. The van der Waals surface area contributed by atoms with Gasteiger partial charge >= 0.3 is 11.8 Å². The Morgan fingerprint density at radius 1 is 1.17 bits per heavy atom. The van der Waals surface area contributed by atoms with Gasteiger partial charge in [0.05, 0.1) is 36.3 Å². The molecule has 0 unspecified atom stereocenters. The molecule has 0 aliphatic carbocycles. The highest BCUT2D eigenvalue weighted by atomic mass is 35.5. The number of aromatic nitrogens is 5. The number of nitrogens with one attached hydrogen (secondary N) is 1. The standard InChI is InChI=1S/C24H26ClN7O3/c1-24(2,3)23-30-29-22(35-23)21(33)26-12-16-5-4-15(10-18(16)25)20-19-11-17(13-32(19)28-14-27-20)31-6-8-34-9-7-31/h4-5,10-11,13-14H,6-9,12H2,1-3H3,(H,26,33). The summed E-state index contributed by atoms with van der Waals surface area (Å²) in [7, 11) is 0. The van der Waals surface area contributed by atoms with Crippen LogP contribution in [0.2, 0.25) is 5.02 Å². The van der Waals surface area contributed by atoms with Crippen LogP contribution in [0.25, 0.3) is 16.8 Å². The van der Waals surface area contributed by atoms with Crippen LogP contribution in [-0.2, 0) is 16.7 Å².